The Balaban J connectivity index is 1.50. The number of methoxy groups -OCH3 is 2. The fraction of sp³-hybridized carbons (Fsp3) is 0.286. The van der Waals surface area contributed by atoms with Crippen molar-refractivity contribution in [2.24, 2.45) is 4.99 Å². The number of ether oxygens (including phenoxy) is 2. The van der Waals surface area contributed by atoms with Gasteiger partial charge in [-0.05, 0) is 42.7 Å². The van der Waals surface area contributed by atoms with Gasteiger partial charge in [-0.25, -0.2) is 0 Å². The first-order valence-electron chi connectivity index (χ1n) is 11.7. The molecule has 2 aliphatic rings. The number of aliphatic imine (C=N–C) groups is 1. The van der Waals surface area contributed by atoms with Crippen LogP contribution in [0.3, 0.4) is 0 Å². The summed E-state index contributed by atoms with van der Waals surface area (Å²) in [7, 11) is 3.28. The van der Waals surface area contributed by atoms with Crippen LogP contribution in [0, 0.1) is 10.1 Å². The molecule has 1 heterocycles. The second-order valence-corrected chi connectivity index (χ2v) is 8.94. The minimum absolute atomic E-state index is 0.0426. The van der Waals surface area contributed by atoms with E-state index in [-0.39, 0.29) is 17.5 Å². The van der Waals surface area contributed by atoms with Gasteiger partial charge in [-0.3, -0.25) is 19.9 Å². The molecule has 0 amide bonds. The van der Waals surface area contributed by atoms with Gasteiger partial charge in [-0.1, -0.05) is 37.1 Å². The molecule has 0 aromatic heterocycles. The van der Waals surface area contributed by atoms with Crippen LogP contribution < -0.4 is 9.47 Å². The zero-order chi connectivity index (χ0) is 24.5. The lowest BCUT2D eigenvalue weighted by atomic mass is 9.75. The lowest BCUT2D eigenvalue weighted by molar-refractivity contribution is -0.384. The third-order valence-electron chi connectivity index (χ3n) is 7.00. The number of carbonyl (C=O) groups is 1. The van der Waals surface area contributed by atoms with E-state index in [1.807, 2.05) is 18.2 Å². The van der Waals surface area contributed by atoms with Crippen molar-refractivity contribution in [3.63, 3.8) is 0 Å². The third kappa shape index (κ3) is 4.18. The van der Waals surface area contributed by atoms with Crippen LogP contribution in [-0.2, 0) is 0 Å². The summed E-state index contributed by atoms with van der Waals surface area (Å²) in [6, 6.07) is 17.4. The summed E-state index contributed by atoms with van der Waals surface area (Å²) < 4.78 is 11.2. The summed E-state index contributed by atoms with van der Waals surface area (Å²) >= 11 is 0. The van der Waals surface area contributed by atoms with Gasteiger partial charge >= 0.3 is 0 Å². The van der Waals surface area contributed by atoms with E-state index in [4.69, 9.17) is 14.5 Å². The summed E-state index contributed by atoms with van der Waals surface area (Å²) in [4.78, 5) is 28.5. The quantitative estimate of drug-likeness (QED) is 0.261. The van der Waals surface area contributed by atoms with E-state index in [1.165, 1.54) is 42.7 Å². The molecule has 0 bridgehead atoms. The first-order chi connectivity index (χ1) is 17.0. The van der Waals surface area contributed by atoms with Crippen molar-refractivity contribution >= 4 is 17.2 Å². The Bertz CT molecular complexity index is 1310. The van der Waals surface area contributed by atoms with Crippen molar-refractivity contribution in [2.45, 2.75) is 37.6 Å². The topological polar surface area (TPSA) is 91.0 Å². The van der Waals surface area contributed by atoms with Crippen LogP contribution >= 0.6 is 0 Å². The van der Waals surface area contributed by atoms with Crippen molar-refractivity contribution in [1.29, 1.82) is 0 Å². The largest absolute Gasteiger partial charge is 0.493 e. The van der Waals surface area contributed by atoms with Crippen LogP contribution in [-0.4, -0.2) is 36.7 Å². The maximum Gasteiger partial charge on any atom is 0.269 e. The van der Waals surface area contributed by atoms with Crippen LogP contribution in [0.25, 0.3) is 0 Å². The number of carbonyl (C=O) groups excluding carboxylic acids is 1. The molecule has 3 aromatic carbocycles. The molecule has 0 saturated heterocycles. The number of nitro groups is 1. The molecule has 1 aliphatic heterocycles. The standard InChI is InChI=1S/C28H26N2O5/c1-34-25-15-22-21-5-3-4-6-24(21)29-27(23(22)16-26(25)35-2)17-7-9-18(10-8-17)28(31)19-11-13-20(14-12-19)30(32)33/h7-16,21,24H,3-6H2,1-2H3. The Kier molecular flexibility index (Phi) is 6.07. The van der Waals surface area contributed by atoms with Gasteiger partial charge in [0.15, 0.2) is 17.3 Å². The molecule has 2 atom stereocenters. The van der Waals surface area contributed by atoms with Crippen LogP contribution in [0.4, 0.5) is 5.69 Å². The van der Waals surface area contributed by atoms with Gasteiger partial charge in [0.25, 0.3) is 5.69 Å². The summed E-state index contributed by atoms with van der Waals surface area (Å²) in [5, 5.41) is 10.9. The molecule has 0 radical (unpaired) electrons. The maximum absolute atomic E-state index is 12.9. The fourth-order valence-electron chi connectivity index (χ4n) is 5.18. The first kappa shape index (κ1) is 22.8. The van der Waals surface area contributed by atoms with Crippen molar-refractivity contribution in [3.05, 3.63) is 98.6 Å². The van der Waals surface area contributed by atoms with Gasteiger partial charge in [0.1, 0.15) is 0 Å². The predicted molar refractivity (Wildman–Crippen MR) is 133 cm³/mol. The average molecular weight is 471 g/mol. The van der Waals surface area contributed by atoms with Crippen LogP contribution in [0.5, 0.6) is 11.5 Å². The molecule has 1 fully saturated rings. The lowest BCUT2D eigenvalue weighted by Gasteiger charge is -2.35. The minimum atomic E-state index is -0.479. The molecule has 3 aromatic rings. The van der Waals surface area contributed by atoms with Gasteiger partial charge in [-0.2, -0.15) is 0 Å². The SMILES string of the molecule is COc1cc2c(cc1OC)C1CCCCC1N=C2c1ccc(C(=O)c2ccc([N+](=O)[O-])cc2)cc1. The van der Waals surface area contributed by atoms with E-state index in [2.05, 4.69) is 6.07 Å². The van der Waals surface area contributed by atoms with Gasteiger partial charge in [-0.15, -0.1) is 0 Å². The molecular formula is C28H26N2O5. The van der Waals surface area contributed by atoms with Crippen LogP contribution in [0.1, 0.15) is 64.2 Å². The number of rotatable bonds is 6. The van der Waals surface area contributed by atoms with E-state index < -0.39 is 4.92 Å². The Morgan fingerprint density at radius 3 is 2.14 bits per heavy atom. The third-order valence-corrected chi connectivity index (χ3v) is 7.00. The van der Waals surface area contributed by atoms with E-state index >= 15 is 0 Å². The summed E-state index contributed by atoms with van der Waals surface area (Å²) in [5.74, 6) is 1.57. The summed E-state index contributed by atoms with van der Waals surface area (Å²) in [6.07, 6.45) is 4.52. The molecule has 7 heteroatoms. The van der Waals surface area contributed by atoms with E-state index in [0.29, 0.717) is 22.8 Å². The van der Waals surface area contributed by atoms with Crippen molar-refractivity contribution in [3.8, 4) is 11.5 Å². The zero-order valence-electron chi connectivity index (χ0n) is 19.7. The molecule has 1 saturated carbocycles. The normalized spacial score (nSPS) is 18.6. The van der Waals surface area contributed by atoms with E-state index in [0.717, 1.165) is 35.4 Å². The maximum atomic E-state index is 12.9. The molecule has 7 nitrogen and oxygen atoms in total. The number of hydrogen-bond acceptors (Lipinski definition) is 6. The number of nitrogens with zero attached hydrogens (tertiary/aromatic N) is 2. The molecule has 2 unspecified atom stereocenters. The van der Waals surface area contributed by atoms with Crippen LogP contribution in [0.2, 0.25) is 0 Å². The number of ketones is 1. The molecule has 0 spiro atoms. The number of nitro benzene ring substituents is 1. The molecule has 178 valence electrons. The molecule has 1 aliphatic carbocycles. The van der Waals surface area contributed by atoms with Gasteiger partial charge in [0.05, 0.1) is 30.9 Å². The molecule has 5 rings (SSSR count). The lowest BCUT2D eigenvalue weighted by Crippen LogP contribution is -2.29. The number of benzene rings is 3. The van der Waals surface area contributed by atoms with Crippen molar-refractivity contribution in [2.75, 3.05) is 14.2 Å². The molecular weight excluding hydrogens is 444 g/mol. The Hall–Kier alpha value is -4.00. The van der Waals surface area contributed by atoms with Gasteiger partial charge < -0.3 is 9.47 Å². The van der Waals surface area contributed by atoms with Gasteiger partial charge in [0, 0.05) is 40.3 Å². The highest BCUT2D eigenvalue weighted by Crippen LogP contribution is 2.44. The van der Waals surface area contributed by atoms with Gasteiger partial charge in [0.2, 0.25) is 0 Å². The molecule has 0 N–H and O–H groups in total. The monoisotopic (exact) mass is 470 g/mol. The number of hydrogen-bond donors (Lipinski definition) is 0. The Labute approximate surface area is 203 Å². The van der Waals surface area contributed by atoms with Crippen molar-refractivity contribution < 1.29 is 19.2 Å². The van der Waals surface area contributed by atoms with Crippen molar-refractivity contribution in [1.82, 2.24) is 0 Å². The van der Waals surface area contributed by atoms with E-state index in [9.17, 15) is 14.9 Å². The van der Waals surface area contributed by atoms with E-state index in [1.54, 1.807) is 26.4 Å². The predicted octanol–water partition coefficient (Wildman–Crippen LogP) is 5.72. The van der Waals surface area contributed by atoms with Crippen LogP contribution in [0.15, 0.2) is 65.7 Å². The summed E-state index contributed by atoms with van der Waals surface area (Å²) in [5.41, 5.74) is 5.00. The highest BCUT2D eigenvalue weighted by molar-refractivity contribution is 6.16. The molecule has 35 heavy (non-hydrogen) atoms. The average Bonchev–Trinajstić information content (AvgIpc) is 2.91. The first-order valence-corrected chi connectivity index (χ1v) is 11.7. The second kappa shape index (κ2) is 9.33. The Morgan fingerprint density at radius 2 is 1.51 bits per heavy atom. The fourth-order valence-corrected chi connectivity index (χ4v) is 5.18. The number of fused-ring (bicyclic) bond motifs is 3. The zero-order valence-corrected chi connectivity index (χ0v) is 19.7. The Morgan fingerprint density at radius 1 is 0.914 bits per heavy atom. The smallest absolute Gasteiger partial charge is 0.269 e. The summed E-state index contributed by atoms with van der Waals surface area (Å²) in [6.45, 7) is 0. The minimum Gasteiger partial charge on any atom is -0.493 e. The number of non-ortho nitro benzene ring substituents is 1. The highest BCUT2D eigenvalue weighted by atomic mass is 16.6. The highest BCUT2D eigenvalue weighted by Gasteiger charge is 2.34. The second-order valence-electron chi connectivity index (χ2n) is 8.94.